The predicted molar refractivity (Wildman–Crippen MR) is 131 cm³/mol. The average molecular weight is 480 g/mol. The molecule has 0 bridgehead atoms. The minimum absolute atomic E-state index is 0.0354. The molecule has 0 saturated heterocycles. The molecule has 3 aromatic heterocycles. The summed E-state index contributed by atoms with van der Waals surface area (Å²) in [6.45, 7) is 4.89. The molecule has 0 aliphatic carbocycles. The number of rotatable bonds is 7. The van der Waals surface area contributed by atoms with Gasteiger partial charge in [0.1, 0.15) is 6.26 Å². The molecule has 2 aromatic carbocycles. The Hall–Kier alpha value is -3.10. The first-order chi connectivity index (χ1) is 16.0. The van der Waals surface area contributed by atoms with Gasteiger partial charge >= 0.3 is 0 Å². The Balaban J connectivity index is 1.48. The van der Waals surface area contributed by atoms with Gasteiger partial charge in [0.05, 0.1) is 16.6 Å². The van der Waals surface area contributed by atoms with Crippen LogP contribution in [-0.2, 0) is 12.3 Å². The fraction of sp³-hybridized carbons (Fsp3) is 0.250. The van der Waals surface area contributed by atoms with Crippen LogP contribution < -0.4 is 5.56 Å². The van der Waals surface area contributed by atoms with Crippen LogP contribution in [-0.4, -0.2) is 24.1 Å². The van der Waals surface area contributed by atoms with Crippen molar-refractivity contribution in [2.24, 2.45) is 5.92 Å². The summed E-state index contributed by atoms with van der Waals surface area (Å²) >= 11 is 7.47. The molecule has 0 radical (unpaired) electrons. The van der Waals surface area contributed by atoms with Crippen molar-refractivity contribution in [2.45, 2.75) is 37.7 Å². The van der Waals surface area contributed by atoms with Crippen LogP contribution in [0.2, 0.25) is 5.02 Å². The minimum Gasteiger partial charge on any atom is -0.444 e. The number of hydrogen-bond donors (Lipinski definition) is 0. The first kappa shape index (κ1) is 21.7. The van der Waals surface area contributed by atoms with Gasteiger partial charge in [-0.25, -0.2) is 4.98 Å². The van der Waals surface area contributed by atoms with Crippen LogP contribution >= 0.6 is 23.4 Å². The van der Waals surface area contributed by atoms with Crippen molar-refractivity contribution in [3.63, 3.8) is 0 Å². The lowest BCUT2D eigenvalue weighted by Gasteiger charge is -2.12. The number of nitrogens with zero attached hydrogens (tertiary/aromatic N) is 5. The van der Waals surface area contributed by atoms with Gasteiger partial charge in [0, 0.05) is 22.9 Å². The second-order valence-electron chi connectivity index (χ2n) is 8.21. The van der Waals surface area contributed by atoms with Gasteiger partial charge in [0.2, 0.25) is 11.7 Å². The number of aryl methyl sites for hydroxylation is 1. The van der Waals surface area contributed by atoms with Crippen LogP contribution in [0.1, 0.15) is 26.0 Å². The van der Waals surface area contributed by atoms with Gasteiger partial charge in [-0.05, 0) is 48.7 Å². The summed E-state index contributed by atoms with van der Waals surface area (Å²) in [4.78, 5) is 17.7. The summed E-state index contributed by atoms with van der Waals surface area (Å²) in [5, 5.41) is 10.8. The third-order valence-corrected chi connectivity index (χ3v) is 6.61. The molecule has 5 aromatic rings. The van der Waals surface area contributed by atoms with Crippen molar-refractivity contribution in [1.29, 1.82) is 0 Å². The fourth-order valence-electron chi connectivity index (χ4n) is 3.65. The average Bonchev–Trinajstić information content (AvgIpc) is 3.45. The lowest BCUT2D eigenvalue weighted by Crippen LogP contribution is -2.24. The molecule has 168 valence electrons. The third kappa shape index (κ3) is 4.28. The molecule has 3 heterocycles. The lowest BCUT2D eigenvalue weighted by atomic mass is 10.1. The summed E-state index contributed by atoms with van der Waals surface area (Å²) in [6, 6.07) is 15.0. The van der Waals surface area contributed by atoms with Crippen molar-refractivity contribution in [2.75, 3.05) is 0 Å². The molecule has 0 amide bonds. The zero-order valence-electron chi connectivity index (χ0n) is 18.2. The topological polar surface area (TPSA) is 78.2 Å². The molecule has 0 fully saturated rings. The van der Waals surface area contributed by atoms with E-state index in [4.69, 9.17) is 16.0 Å². The minimum atomic E-state index is -0.0354. The fourth-order valence-corrected chi connectivity index (χ4v) is 4.60. The molecule has 5 rings (SSSR count). The number of fused-ring (bicyclic) bond motifs is 3. The highest BCUT2D eigenvalue weighted by molar-refractivity contribution is 7.98. The van der Waals surface area contributed by atoms with Crippen molar-refractivity contribution in [3.8, 4) is 11.5 Å². The molecule has 0 atom stereocenters. The molecule has 7 nitrogen and oxygen atoms in total. The van der Waals surface area contributed by atoms with E-state index in [0.29, 0.717) is 45.4 Å². The molecule has 0 saturated carbocycles. The Morgan fingerprint density at radius 2 is 1.88 bits per heavy atom. The smallest absolute Gasteiger partial charge is 0.262 e. The number of oxazole rings is 1. The van der Waals surface area contributed by atoms with Crippen LogP contribution in [0.5, 0.6) is 0 Å². The van der Waals surface area contributed by atoms with E-state index in [1.807, 2.05) is 52.9 Å². The normalized spacial score (nSPS) is 11.8. The van der Waals surface area contributed by atoms with Crippen molar-refractivity contribution >= 4 is 40.0 Å². The van der Waals surface area contributed by atoms with Crippen LogP contribution in [0.3, 0.4) is 0 Å². The summed E-state index contributed by atoms with van der Waals surface area (Å²) in [5.41, 5.74) is 2.42. The van der Waals surface area contributed by atoms with Gasteiger partial charge in [-0.2, -0.15) is 0 Å². The van der Waals surface area contributed by atoms with E-state index in [0.717, 1.165) is 23.2 Å². The molecule has 9 heteroatoms. The lowest BCUT2D eigenvalue weighted by molar-refractivity contribution is 0.512. The number of halogens is 1. The molecular formula is C24H22ClN5O2S. The quantitative estimate of drug-likeness (QED) is 0.279. The van der Waals surface area contributed by atoms with E-state index in [1.54, 1.807) is 10.8 Å². The van der Waals surface area contributed by atoms with Gasteiger partial charge < -0.3 is 4.42 Å². The molecule has 0 spiro atoms. The zero-order chi connectivity index (χ0) is 22.9. The second-order valence-corrected chi connectivity index (χ2v) is 9.59. The summed E-state index contributed by atoms with van der Waals surface area (Å²) in [5.74, 6) is 2.13. The largest absolute Gasteiger partial charge is 0.444 e. The molecule has 0 unspecified atom stereocenters. The maximum atomic E-state index is 13.1. The van der Waals surface area contributed by atoms with E-state index in [2.05, 4.69) is 29.0 Å². The molecule has 0 aliphatic heterocycles. The number of benzene rings is 2. The second kappa shape index (κ2) is 9.03. The molecule has 33 heavy (non-hydrogen) atoms. The number of thioether (sulfide) groups is 1. The molecule has 0 N–H and O–H groups in total. The van der Waals surface area contributed by atoms with Crippen LogP contribution in [0.15, 0.2) is 69.2 Å². The van der Waals surface area contributed by atoms with Gasteiger partial charge in [-0.1, -0.05) is 49.3 Å². The SMILES string of the molecule is CC(C)CCn1c(=O)c2ccccc2n2c(SCc3coc(-c4ccc(Cl)cc4)n3)nnc12. The maximum Gasteiger partial charge on any atom is 0.262 e. The van der Waals surface area contributed by atoms with E-state index in [9.17, 15) is 4.79 Å². The monoisotopic (exact) mass is 479 g/mol. The van der Waals surface area contributed by atoms with E-state index < -0.39 is 0 Å². The first-order valence-corrected chi connectivity index (χ1v) is 12.1. The van der Waals surface area contributed by atoms with E-state index in [1.165, 1.54) is 11.8 Å². The standard InChI is InChI=1S/C24H22ClN5O2S/c1-15(2)11-12-29-22(31)19-5-3-4-6-20(19)30-23(29)27-28-24(30)33-14-18-13-32-21(26-18)16-7-9-17(25)10-8-16/h3-10,13,15H,11-12,14H2,1-2H3. The summed E-state index contributed by atoms with van der Waals surface area (Å²) < 4.78 is 9.34. The summed E-state index contributed by atoms with van der Waals surface area (Å²) in [7, 11) is 0. The van der Waals surface area contributed by atoms with Crippen LogP contribution in [0.4, 0.5) is 0 Å². The predicted octanol–water partition coefficient (Wildman–Crippen LogP) is 5.69. The van der Waals surface area contributed by atoms with E-state index in [-0.39, 0.29) is 5.56 Å². The Labute approximate surface area is 199 Å². The number of hydrogen-bond acceptors (Lipinski definition) is 6. The Morgan fingerprint density at radius 3 is 2.67 bits per heavy atom. The summed E-state index contributed by atoms with van der Waals surface area (Å²) in [6.07, 6.45) is 2.53. The Bertz CT molecular complexity index is 1490. The first-order valence-electron chi connectivity index (χ1n) is 10.7. The molecule has 0 aliphatic rings. The highest BCUT2D eigenvalue weighted by atomic mass is 35.5. The van der Waals surface area contributed by atoms with Crippen molar-refractivity contribution < 1.29 is 4.42 Å². The van der Waals surface area contributed by atoms with Gasteiger partial charge in [-0.15, -0.1) is 10.2 Å². The van der Waals surface area contributed by atoms with Gasteiger partial charge in [0.15, 0.2) is 5.16 Å². The Morgan fingerprint density at radius 1 is 1.09 bits per heavy atom. The van der Waals surface area contributed by atoms with Crippen molar-refractivity contribution in [1.82, 2.24) is 24.1 Å². The molecular weight excluding hydrogens is 458 g/mol. The van der Waals surface area contributed by atoms with Crippen LogP contribution in [0.25, 0.3) is 28.1 Å². The maximum absolute atomic E-state index is 13.1. The highest BCUT2D eigenvalue weighted by Crippen LogP contribution is 2.27. The van der Waals surface area contributed by atoms with Gasteiger partial charge in [0.25, 0.3) is 5.56 Å². The van der Waals surface area contributed by atoms with E-state index >= 15 is 0 Å². The Kier molecular flexibility index (Phi) is 5.95. The third-order valence-electron chi connectivity index (χ3n) is 5.40. The number of para-hydroxylation sites is 1. The zero-order valence-corrected chi connectivity index (χ0v) is 19.8. The number of aromatic nitrogens is 5. The van der Waals surface area contributed by atoms with Crippen LogP contribution in [0, 0.1) is 5.92 Å². The van der Waals surface area contributed by atoms with Crippen molar-refractivity contribution in [3.05, 3.63) is 75.9 Å². The van der Waals surface area contributed by atoms with Gasteiger partial charge in [-0.3, -0.25) is 13.8 Å². The highest BCUT2D eigenvalue weighted by Gasteiger charge is 2.17.